The van der Waals surface area contributed by atoms with E-state index in [1.165, 1.54) is 0 Å². The van der Waals surface area contributed by atoms with Crippen LogP contribution in [0.15, 0.2) is 0 Å². The summed E-state index contributed by atoms with van der Waals surface area (Å²) in [5.41, 5.74) is 0.0612. The van der Waals surface area contributed by atoms with E-state index in [0.29, 0.717) is 12.5 Å². The molecule has 1 aliphatic heterocycles. The van der Waals surface area contributed by atoms with Crippen molar-refractivity contribution in [3.05, 3.63) is 0 Å². The van der Waals surface area contributed by atoms with Crippen LogP contribution < -0.4 is 10.6 Å². The van der Waals surface area contributed by atoms with Crippen molar-refractivity contribution in [1.29, 1.82) is 0 Å². The standard InChI is InChI=1S/C12H22N2O2/c1-2-11(15)14-10-3-5-12(6-4-10)9-13-7-8-16-12/h10,13H,2-9H2,1H3,(H,14,15). The lowest BCUT2D eigenvalue weighted by molar-refractivity contribution is -0.123. The maximum absolute atomic E-state index is 11.3. The lowest BCUT2D eigenvalue weighted by Crippen LogP contribution is -2.53. The normalized spacial score (nSPS) is 34.9. The van der Waals surface area contributed by atoms with E-state index in [1.54, 1.807) is 0 Å². The van der Waals surface area contributed by atoms with Crippen LogP contribution in [-0.2, 0) is 9.53 Å². The SMILES string of the molecule is CCC(=O)NC1CCC2(CC1)CNCCO2. The molecule has 1 heterocycles. The molecule has 1 amide bonds. The second-order valence-electron chi connectivity index (χ2n) is 4.90. The summed E-state index contributed by atoms with van der Waals surface area (Å²) in [6, 6.07) is 0.364. The Morgan fingerprint density at radius 2 is 2.25 bits per heavy atom. The summed E-state index contributed by atoms with van der Waals surface area (Å²) in [6.45, 7) is 4.67. The largest absolute Gasteiger partial charge is 0.372 e. The third kappa shape index (κ3) is 2.74. The topological polar surface area (TPSA) is 50.4 Å². The molecule has 1 saturated carbocycles. The first-order valence-corrected chi connectivity index (χ1v) is 6.38. The number of hydrogen-bond donors (Lipinski definition) is 2. The fourth-order valence-corrected chi connectivity index (χ4v) is 2.65. The van der Waals surface area contributed by atoms with Gasteiger partial charge in [0.25, 0.3) is 0 Å². The second kappa shape index (κ2) is 5.15. The van der Waals surface area contributed by atoms with Crippen LogP contribution in [0, 0.1) is 0 Å². The maximum Gasteiger partial charge on any atom is 0.219 e. The molecule has 0 aromatic carbocycles. The van der Waals surface area contributed by atoms with Gasteiger partial charge >= 0.3 is 0 Å². The van der Waals surface area contributed by atoms with Gasteiger partial charge in [0.2, 0.25) is 5.91 Å². The molecule has 0 bridgehead atoms. The highest BCUT2D eigenvalue weighted by atomic mass is 16.5. The van der Waals surface area contributed by atoms with Gasteiger partial charge in [-0.15, -0.1) is 0 Å². The molecule has 2 rings (SSSR count). The molecule has 4 heteroatoms. The van der Waals surface area contributed by atoms with Gasteiger partial charge in [-0.1, -0.05) is 6.92 Å². The van der Waals surface area contributed by atoms with Crippen LogP contribution in [0.4, 0.5) is 0 Å². The minimum absolute atomic E-state index is 0.0612. The fraction of sp³-hybridized carbons (Fsp3) is 0.917. The van der Waals surface area contributed by atoms with Crippen molar-refractivity contribution in [3.63, 3.8) is 0 Å². The van der Waals surface area contributed by atoms with Gasteiger partial charge < -0.3 is 15.4 Å². The minimum Gasteiger partial charge on any atom is -0.372 e. The number of amides is 1. The number of hydrogen-bond acceptors (Lipinski definition) is 3. The molecule has 0 atom stereocenters. The van der Waals surface area contributed by atoms with E-state index in [2.05, 4.69) is 10.6 Å². The Kier molecular flexibility index (Phi) is 3.82. The number of carbonyl (C=O) groups is 1. The highest BCUT2D eigenvalue weighted by molar-refractivity contribution is 5.75. The Labute approximate surface area is 97.1 Å². The Bertz CT molecular complexity index is 239. The summed E-state index contributed by atoms with van der Waals surface area (Å²) in [6.07, 6.45) is 4.81. The quantitative estimate of drug-likeness (QED) is 0.732. The average molecular weight is 226 g/mol. The zero-order valence-corrected chi connectivity index (χ0v) is 10.1. The zero-order chi connectivity index (χ0) is 11.4. The van der Waals surface area contributed by atoms with Crippen molar-refractivity contribution >= 4 is 5.91 Å². The summed E-state index contributed by atoms with van der Waals surface area (Å²) in [5.74, 6) is 0.170. The number of nitrogens with one attached hydrogen (secondary N) is 2. The summed E-state index contributed by atoms with van der Waals surface area (Å²) in [4.78, 5) is 11.3. The van der Waals surface area contributed by atoms with Crippen molar-refractivity contribution in [2.24, 2.45) is 0 Å². The summed E-state index contributed by atoms with van der Waals surface area (Å²) in [7, 11) is 0. The van der Waals surface area contributed by atoms with E-state index in [-0.39, 0.29) is 11.5 Å². The molecular formula is C12H22N2O2. The van der Waals surface area contributed by atoms with Crippen molar-refractivity contribution in [3.8, 4) is 0 Å². The highest BCUT2D eigenvalue weighted by Gasteiger charge is 2.37. The van der Waals surface area contributed by atoms with E-state index in [4.69, 9.17) is 4.74 Å². The van der Waals surface area contributed by atoms with Gasteiger partial charge in [0.05, 0.1) is 12.2 Å². The van der Waals surface area contributed by atoms with Crippen molar-refractivity contribution in [2.45, 2.75) is 50.7 Å². The zero-order valence-electron chi connectivity index (χ0n) is 10.1. The molecule has 2 N–H and O–H groups in total. The third-order valence-electron chi connectivity index (χ3n) is 3.72. The number of morpholine rings is 1. The van der Waals surface area contributed by atoms with Gasteiger partial charge in [0.1, 0.15) is 0 Å². The monoisotopic (exact) mass is 226 g/mol. The fourth-order valence-electron chi connectivity index (χ4n) is 2.65. The Morgan fingerprint density at radius 1 is 1.50 bits per heavy atom. The van der Waals surface area contributed by atoms with E-state index < -0.39 is 0 Å². The van der Waals surface area contributed by atoms with Crippen LogP contribution in [0.1, 0.15) is 39.0 Å². The predicted molar refractivity (Wildman–Crippen MR) is 62.2 cm³/mol. The smallest absolute Gasteiger partial charge is 0.219 e. The van der Waals surface area contributed by atoms with Gasteiger partial charge in [0.15, 0.2) is 0 Å². The van der Waals surface area contributed by atoms with E-state index in [0.717, 1.165) is 45.4 Å². The lowest BCUT2D eigenvalue weighted by Gasteiger charge is -2.43. The Hall–Kier alpha value is -0.610. The minimum atomic E-state index is 0.0612. The first kappa shape index (κ1) is 11.9. The Balaban J connectivity index is 1.79. The van der Waals surface area contributed by atoms with E-state index in [1.807, 2.05) is 6.92 Å². The van der Waals surface area contributed by atoms with Crippen LogP contribution in [0.25, 0.3) is 0 Å². The predicted octanol–water partition coefficient (Wildman–Crippen LogP) is 0.814. The average Bonchev–Trinajstić information content (AvgIpc) is 2.33. The van der Waals surface area contributed by atoms with Crippen molar-refractivity contribution in [2.75, 3.05) is 19.7 Å². The van der Waals surface area contributed by atoms with E-state index >= 15 is 0 Å². The number of carbonyl (C=O) groups excluding carboxylic acids is 1. The molecule has 0 aromatic rings. The molecule has 0 unspecified atom stereocenters. The van der Waals surface area contributed by atoms with Gasteiger partial charge in [-0.05, 0) is 25.7 Å². The molecule has 2 fully saturated rings. The van der Waals surface area contributed by atoms with Gasteiger partial charge in [0, 0.05) is 25.6 Å². The van der Waals surface area contributed by atoms with Crippen LogP contribution in [0.5, 0.6) is 0 Å². The van der Waals surface area contributed by atoms with Crippen LogP contribution in [-0.4, -0.2) is 37.2 Å². The summed E-state index contributed by atoms with van der Waals surface area (Å²) in [5, 5.41) is 6.48. The van der Waals surface area contributed by atoms with E-state index in [9.17, 15) is 4.79 Å². The summed E-state index contributed by atoms with van der Waals surface area (Å²) >= 11 is 0. The molecule has 2 aliphatic rings. The molecule has 1 spiro atoms. The van der Waals surface area contributed by atoms with Crippen molar-refractivity contribution < 1.29 is 9.53 Å². The number of rotatable bonds is 2. The number of ether oxygens (including phenoxy) is 1. The van der Waals surface area contributed by atoms with Crippen LogP contribution >= 0.6 is 0 Å². The molecule has 0 aromatic heterocycles. The lowest BCUT2D eigenvalue weighted by atomic mass is 9.81. The Morgan fingerprint density at radius 3 is 2.81 bits per heavy atom. The first-order valence-electron chi connectivity index (χ1n) is 6.38. The highest BCUT2D eigenvalue weighted by Crippen LogP contribution is 2.32. The molecule has 1 saturated heterocycles. The molecule has 4 nitrogen and oxygen atoms in total. The van der Waals surface area contributed by atoms with Gasteiger partial charge in [-0.2, -0.15) is 0 Å². The van der Waals surface area contributed by atoms with Crippen molar-refractivity contribution in [1.82, 2.24) is 10.6 Å². The van der Waals surface area contributed by atoms with Crippen LogP contribution in [0.2, 0.25) is 0 Å². The molecule has 1 aliphatic carbocycles. The molecule has 0 radical (unpaired) electrons. The van der Waals surface area contributed by atoms with Crippen LogP contribution in [0.3, 0.4) is 0 Å². The first-order chi connectivity index (χ1) is 7.74. The maximum atomic E-state index is 11.3. The molecule has 92 valence electrons. The van der Waals surface area contributed by atoms with Gasteiger partial charge in [-0.3, -0.25) is 4.79 Å². The second-order valence-corrected chi connectivity index (χ2v) is 4.90. The third-order valence-corrected chi connectivity index (χ3v) is 3.72. The van der Waals surface area contributed by atoms with Gasteiger partial charge in [-0.25, -0.2) is 0 Å². The molecular weight excluding hydrogens is 204 g/mol. The summed E-state index contributed by atoms with van der Waals surface area (Å²) < 4.78 is 5.91. The molecule has 16 heavy (non-hydrogen) atoms.